The lowest BCUT2D eigenvalue weighted by Crippen LogP contribution is -2.30. The number of rotatable bonds is 5. The number of benzene rings is 1. The number of ether oxygens (including phenoxy) is 1. The molecule has 0 bridgehead atoms. The van der Waals surface area contributed by atoms with Crippen LogP contribution in [0, 0.1) is 6.92 Å². The van der Waals surface area contributed by atoms with E-state index in [1.807, 2.05) is 17.5 Å². The minimum Gasteiger partial charge on any atom is -0.460 e. The van der Waals surface area contributed by atoms with Crippen LogP contribution in [-0.4, -0.2) is 31.8 Å². The molecule has 28 heavy (non-hydrogen) atoms. The molecule has 1 fully saturated rings. The molecule has 4 rings (SSSR count). The van der Waals surface area contributed by atoms with Gasteiger partial charge in [0.05, 0.1) is 17.5 Å². The summed E-state index contributed by atoms with van der Waals surface area (Å²) in [6, 6.07) is 8.55. The Balaban J connectivity index is 1.74. The first kappa shape index (κ1) is 19.2. The van der Waals surface area contributed by atoms with E-state index in [2.05, 4.69) is 0 Å². The van der Waals surface area contributed by atoms with Gasteiger partial charge in [0.25, 0.3) is 0 Å². The monoisotopic (exact) mass is 419 g/mol. The van der Waals surface area contributed by atoms with Crippen LogP contribution in [0.1, 0.15) is 46.8 Å². The summed E-state index contributed by atoms with van der Waals surface area (Å²) >= 11 is 1.58. The van der Waals surface area contributed by atoms with Crippen molar-refractivity contribution in [3.8, 4) is 0 Å². The first-order valence-corrected chi connectivity index (χ1v) is 11.5. The number of furan rings is 1. The van der Waals surface area contributed by atoms with E-state index in [9.17, 15) is 13.2 Å². The Hall–Kier alpha value is -2.16. The molecule has 8 heteroatoms. The Labute approximate surface area is 167 Å². The molecule has 6 nitrogen and oxygen atoms in total. The highest BCUT2D eigenvalue weighted by Crippen LogP contribution is 2.39. The zero-order chi connectivity index (χ0) is 19.9. The Morgan fingerprint density at radius 2 is 2.18 bits per heavy atom. The van der Waals surface area contributed by atoms with Gasteiger partial charge in [-0.15, -0.1) is 11.3 Å². The van der Waals surface area contributed by atoms with Crippen LogP contribution < -0.4 is 0 Å². The largest absolute Gasteiger partial charge is 0.460 e. The maximum atomic E-state index is 13.3. The number of aryl methyl sites for hydroxylation is 1. The van der Waals surface area contributed by atoms with Crippen LogP contribution in [0.3, 0.4) is 0 Å². The lowest BCUT2D eigenvalue weighted by molar-refractivity contribution is 0.0491. The van der Waals surface area contributed by atoms with Gasteiger partial charge in [-0.2, -0.15) is 4.31 Å². The fraction of sp³-hybridized carbons (Fsp3) is 0.350. The number of carbonyl (C=O) groups excluding carboxylic acids is 1. The van der Waals surface area contributed by atoms with E-state index >= 15 is 0 Å². The number of sulfonamides is 1. The van der Waals surface area contributed by atoms with E-state index in [1.165, 1.54) is 0 Å². The number of fused-ring (bicyclic) bond motifs is 1. The van der Waals surface area contributed by atoms with Crippen molar-refractivity contribution in [3.05, 3.63) is 51.9 Å². The molecule has 1 aliphatic heterocycles. The van der Waals surface area contributed by atoms with Crippen molar-refractivity contribution in [2.24, 2.45) is 0 Å². The van der Waals surface area contributed by atoms with Crippen LogP contribution >= 0.6 is 11.3 Å². The highest BCUT2D eigenvalue weighted by Gasteiger charge is 2.37. The molecule has 2 aromatic heterocycles. The van der Waals surface area contributed by atoms with Gasteiger partial charge in [0.2, 0.25) is 15.8 Å². The molecule has 1 aromatic carbocycles. The summed E-state index contributed by atoms with van der Waals surface area (Å²) in [5, 5.41) is 2.58. The number of carbonyl (C=O) groups is 1. The minimum absolute atomic E-state index is 0.115. The van der Waals surface area contributed by atoms with Crippen molar-refractivity contribution in [1.82, 2.24) is 4.31 Å². The minimum atomic E-state index is -3.66. The van der Waals surface area contributed by atoms with Gasteiger partial charge in [0, 0.05) is 22.4 Å². The zero-order valence-corrected chi connectivity index (χ0v) is 17.3. The molecule has 0 unspecified atom stereocenters. The first-order chi connectivity index (χ1) is 13.4. The van der Waals surface area contributed by atoms with Crippen molar-refractivity contribution in [2.45, 2.75) is 37.6 Å². The molecule has 1 atom stereocenters. The topological polar surface area (TPSA) is 76.8 Å². The molecular formula is C20H21NO5S2. The van der Waals surface area contributed by atoms with Gasteiger partial charge in [-0.3, -0.25) is 0 Å². The quantitative estimate of drug-likeness (QED) is 0.569. The van der Waals surface area contributed by atoms with E-state index < -0.39 is 16.0 Å². The molecule has 1 saturated heterocycles. The van der Waals surface area contributed by atoms with E-state index in [0.717, 1.165) is 17.7 Å². The van der Waals surface area contributed by atoms with Gasteiger partial charge in [-0.05, 0) is 56.3 Å². The number of hydrogen-bond donors (Lipinski definition) is 0. The van der Waals surface area contributed by atoms with E-state index in [-0.39, 0.29) is 23.3 Å². The van der Waals surface area contributed by atoms with E-state index in [0.29, 0.717) is 23.1 Å². The molecule has 3 aromatic rings. The Kier molecular flexibility index (Phi) is 5.03. The zero-order valence-electron chi connectivity index (χ0n) is 15.7. The van der Waals surface area contributed by atoms with Crippen LogP contribution in [0.2, 0.25) is 0 Å². The second-order valence-corrected chi connectivity index (χ2v) is 9.59. The predicted molar refractivity (Wildman–Crippen MR) is 107 cm³/mol. The highest BCUT2D eigenvalue weighted by atomic mass is 32.2. The lowest BCUT2D eigenvalue weighted by Gasteiger charge is -2.23. The molecule has 0 N–H and O–H groups in total. The van der Waals surface area contributed by atoms with Crippen molar-refractivity contribution in [2.75, 3.05) is 13.2 Å². The summed E-state index contributed by atoms with van der Waals surface area (Å²) in [5.74, 6) is -0.429. The van der Waals surface area contributed by atoms with E-state index in [1.54, 1.807) is 47.7 Å². The van der Waals surface area contributed by atoms with Gasteiger partial charge >= 0.3 is 5.97 Å². The Bertz CT molecular complexity index is 1120. The standard InChI is InChI=1S/C20H21NO5S2/c1-3-25-20(22)19-13(2)15-12-14(8-9-17(15)26-19)28(23,24)21-10-4-6-16(21)18-7-5-11-27-18/h5,7-9,11-12,16H,3-4,6,10H2,1-2H3/t16-/m1/s1. The van der Waals surface area contributed by atoms with Gasteiger partial charge in [0.1, 0.15) is 5.58 Å². The molecule has 0 saturated carbocycles. The summed E-state index contributed by atoms with van der Waals surface area (Å²) in [4.78, 5) is 13.3. The SMILES string of the molecule is CCOC(=O)c1oc2ccc(S(=O)(=O)N3CCC[C@@H]3c3cccs3)cc2c1C. The maximum Gasteiger partial charge on any atom is 0.374 e. The van der Waals surface area contributed by atoms with Crippen LogP contribution in [0.15, 0.2) is 45.0 Å². The molecule has 0 radical (unpaired) electrons. The first-order valence-electron chi connectivity index (χ1n) is 9.19. The maximum absolute atomic E-state index is 13.3. The average molecular weight is 420 g/mol. The second kappa shape index (κ2) is 7.35. The summed E-state index contributed by atoms with van der Waals surface area (Å²) in [7, 11) is -3.66. The normalized spacial score (nSPS) is 18.0. The second-order valence-electron chi connectivity index (χ2n) is 6.72. The van der Waals surface area contributed by atoms with Crippen LogP contribution in [-0.2, 0) is 14.8 Å². The number of esters is 1. The van der Waals surface area contributed by atoms with Gasteiger partial charge < -0.3 is 9.15 Å². The Morgan fingerprint density at radius 3 is 2.89 bits per heavy atom. The molecule has 3 heterocycles. The van der Waals surface area contributed by atoms with Gasteiger partial charge in [-0.1, -0.05) is 6.07 Å². The average Bonchev–Trinajstić information content (AvgIpc) is 3.41. The third-order valence-electron chi connectivity index (χ3n) is 5.05. The smallest absolute Gasteiger partial charge is 0.374 e. The van der Waals surface area contributed by atoms with Gasteiger partial charge in [0.15, 0.2) is 0 Å². The van der Waals surface area contributed by atoms with Crippen LogP contribution in [0.5, 0.6) is 0 Å². The highest BCUT2D eigenvalue weighted by molar-refractivity contribution is 7.89. The molecule has 148 valence electrons. The summed E-state index contributed by atoms with van der Waals surface area (Å²) in [6.45, 7) is 4.20. The fourth-order valence-corrected chi connectivity index (χ4v) is 6.32. The molecule has 1 aliphatic rings. The van der Waals surface area contributed by atoms with E-state index in [4.69, 9.17) is 9.15 Å². The number of hydrogen-bond acceptors (Lipinski definition) is 6. The van der Waals surface area contributed by atoms with Crippen LogP contribution in [0.4, 0.5) is 0 Å². The van der Waals surface area contributed by atoms with Gasteiger partial charge in [-0.25, -0.2) is 13.2 Å². The van der Waals surface area contributed by atoms with Crippen molar-refractivity contribution in [1.29, 1.82) is 0 Å². The van der Waals surface area contributed by atoms with Crippen molar-refractivity contribution < 1.29 is 22.4 Å². The number of nitrogens with zero attached hydrogens (tertiary/aromatic N) is 1. The summed E-state index contributed by atoms with van der Waals surface area (Å²) < 4.78 is 38.9. The molecule has 0 spiro atoms. The summed E-state index contributed by atoms with van der Waals surface area (Å²) in [5.41, 5.74) is 1.05. The van der Waals surface area contributed by atoms with Crippen molar-refractivity contribution >= 4 is 38.3 Å². The molecule has 0 aliphatic carbocycles. The Morgan fingerprint density at radius 1 is 1.36 bits per heavy atom. The van der Waals surface area contributed by atoms with Crippen molar-refractivity contribution in [3.63, 3.8) is 0 Å². The van der Waals surface area contributed by atoms with Crippen LogP contribution in [0.25, 0.3) is 11.0 Å². The fourth-order valence-electron chi connectivity index (χ4n) is 3.68. The lowest BCUT2D eigenvalue weighted by atomic mass is 10.1. The summed E-state index contributed by atoms with van der Waals surface area (Å²) in [6.07, 6.45) is 1.65. The molecule has 0 amide bonds. The third-order valence-corrected chi connectivity index (χ3v) is 7.93. The predicted octanol–water partition coefficient (Wildman–Crippen LogP) is 4.51. The molecular weight excluding hydrogens is 398 g/mol. The third kappa shape index (κ3) is 3.15. The number of thiophene rings is 1.